The van der Waals surface area contributed by atoms with E-state index in [0.29, 0.717) is 16.9 Å². The normalized spacial score (nSPS) is 14.0. The van der Waals surface area contributed by atoms with Crippen LogP contribution in [-0.4, -0.2) is 40.2 Å². The number of anilines is 3. The van der Waals surface area contributed by atoms with Crippen LogP contribution < -0.4 is 25.8 Å². The quantitative estimate of drug-likeness (QED) is 0.245. The minimum absolute atomic E-state index is 0.00582. The van der Waals surface area contributed by atoms with Crippen LogP contribution in [0.4, 0.5) is 38.6 Å². The lowest BCUT2D eigenvalue weighted by molar-refractivity contribution is -0.138. The molecule has 2 aromatic carbocycles. The fourth-order valence-electron chi connectivity index (χ4n) is 5.31. The SMILES string of the molecule is COc1nc2c3c(c(C(F)(F)F)c(-c4ccc(F)c5sc(N)c(C#N)c45)c(F)c3n1)OCCN2C(C)c1cncnc1N. The predicted octanol–water partition coefficient (Wildman–Crippen LogP) is 5.60. The third kappa shape index (κ3) is 4.26. The van der Waals surface area contributed by atoms with Crippen molar-refractivity contribution in [1.29, 1.82) is 5.26 Å². The summed E-state index contributed by atoms with van der Waals surface area (Å²) in [5.41, 5.74) is 8.71. The number of nitrogen functional groups attached to an aromatic ring is 2. The Balaban J connectivity index is 1.76. The van der Waals surface area contributed by atoms with Gasteiger partial charge in [0.15, 0.2) is 5.82 Å². The van der Waals surface area contributed by atoms with E-state index in [2.05, 4.69) is 19.9 Å². The molecule has 43 heavy (non-hydrogen) atoms. The highest BCUT2D eigenvalue weighted by Gasteiger charge is 2.44. The zero-order valence-electron chi connectivity index (χ0n) is 22.3. The van der Waals surface area contributed by atoms with Crippen molar-refractivity contribution in [3.63, 3.8) is 0 Å². The summed E-state index contributed by atoms with van der Waals surface area (Å²) in [6.07, 6.45) is -2.49. The van der Waals surface area contributed by atoms with Crippen LogP contribution in [0.1, 0.15) is 29.7 Å². The number of benzene rings is 2. The Morgan fingerprint density at radius 2 is 1.95 bits per heavy atom. The van der Waals surface area contributed by atoms with E-state index in [9.17, 15) is 9.65 Å². The van der Waals surface area contributed by atoms with Gasteiger partial charge in [-0.15, -0.1) is 11.3 Å². The van der Waals surface area contributed by atoms with E-state index in [-0.39, 0.29) is 56.8 Å². The molecule has 16 heteroatoms. The maximum absolute atomic E-state index is 16.7. The van der Waals surface area contributed by atoms with Crippen LogP contribution in [-0.2, 0) is 6.18 Å². The molecule has 0 radical (unpaired) electrons. The van der Waals surface area contributed by atoms with Crippen LogP contribution >= 0.6 is 11.3 Å². The van der Waals surface area contributed by atoms with Crippen LogP contribution in [0.5, 0.6) is 11.8 Å². The molecule has 5 aromatic rings. The molecule has 0 saturated carbocycles. The highest BCUT2D eigenvalue weighted by Crippen LogP contribution is 2.53. The van der Waals surface area contributed by atoms with E-state index in [0.717, 1.165) is 12.1 Å². The first kappa shape index (κ1) is 28.1. The van der Waals surface area contributed by atoms with Gasteiger partial charge in [0.25, 0.3) is 0 Å². The Kier molecular flexibility index (Phi) is 6.57. The van der Waals surface area contributed by atoms with Gasteiger partial charge in [0, 0.05) is 22.7 Å². The van der Waals surface area contributed by atoms with E-state index in [1.807, 2.05) is 0 Å². The van der Waals surface area contributed by atoms with Gasteiger partial charge in [-0.25, -0.2) is 18.7 Å². The van der Waals surface area contributed by atoms with Gasteiger partial charge in [-0.05, 0) is 18.6 Å². The van der Waals surface area contributed by atoms with Crippen LogP contribution in [0.15, 0.2) is 24.7 Å². The van der Waals surface area contributed by atoms with E-state index < -0.39 is 51.8 Å². The fourth-order valence-corrected chi connectivity index (χ4v) is 6.26. The number of nitrogens with two attached hydrogens (primary N) is 2. The Morgan fingerprint density at radius 3 is 2.63 bits per heavy atom. The van der Waals surface area contributed by atoms with Gasteiger partial charge in [-0.3, -0.25) is 0 Å². The summed E-state index contributed by atoms with van der Waals surface area (Å²) in [6.45, 7) is 1.41. The third-order valence-electron chi connectivity index (χ3n) is 7.21. The molecule has 6 rings (SSSR count). The number of hydrogen-bond donors (Lipinski definition) is 2. The highest BCUT2D eigenvalue weighted by molar-refractivity contribution is 7.23. The average Bonchev–Trinajstić information content (AvgIpc) is 3.20. The minimum atomic E-state index is -5.19. The van der Waals surface area contributed by atoms with Crippen LogP contribution in [0.25, 0.3) is 32.1 Å². The molecule has 220 valence electrons. The number of rotatable bonds is 4. The topological polar surface area (TPSA) is 149 Å². The van der Waals surface area contributed by atoms with E-state index >= 15 is 17.6 Å². The van der Waals surface area contributed by atoms with Crippen molar-refractivity contribution in [2.75, 3.05) is 36.6 Å². The number of nitriles is 1. The molecule has 10 nitrogen and oxygen atoms in total. The van der Waals surface area contributed by atoms with Crippen molar-refractivity contribution in [1.82, 2.24) is 19.9 Å². The Labute approximate surface area is 243 Å². The summed E-state index contributed by atoms with van der Waals surface area (Å²) < 4.78 is 87.4. The van der Waals surface area contributed by atoms with Gasteiger partial charge in [-0.1, -0.05) is 6.07 Å². The summed E-state index contributed by atoms with van der Waals surface area (Å²) in [4.78, 5) is 17.9. The van der Waals surface area contributed by atoms with Gasteiger partial charge >= 0.3 is 12.2 Å². The first-order chi connectivity index (χ1) is 20.5. The van der Waals surface area contributed by atoms with Crippen molar-refractivity contribution >= 4 is 49.0 Å². The zero-order valence-corrected chi connectivity index (χ0v) is 23.1. The highest BCUT2D eigenvalue weighted by atomic mass is 32.1. The number of fused-ring (bicyclic) bond motifs is 1. The third-order valence-corrected chi connectivity index (χ3v) is 8.23. The lowest BCUT2D eigenvalue weighted by atomic mass is 9.91. The Hall–Kier alpha value is -5.04. The molecule has 1 aliphatic rings. The van der Waals surface area contributed by atoms with Crippen LogP contribution in [0.2, 0.25) is 0 Å². The smallest absolute Gasteiger partial charge is 0.420 e. The van der Waals surface area contributed by atoms with Crippen molar-refractivity contribution in [3.05, 3.63) is 53.0 Å². The number of thiophene rings is 1. The average molecular weight is 615 g/mol. The summed E-state index contributed by atoms with van der Waals surface area (Å²) in [5.74, 6) is -2.95. The molecule has 1 aliphatic heterocycles. The number of alkyl halides is 3. The van der Waals surface area contributed by atoms with Crippen molar-refractivity contribution < 1.29 is 31.4 Å². The van der Waals surface area contributed by atoms with Crippen molar-refractivity contribution in [3.8, 4) is 29.0 Å². The second kappa shape index (κ2) is 10.1. The molecule has 0 bridgehead atoms. The second-order valence-electron chi connectivity index (χ2n) is 9.48. The molecule has 1 unspecified atom stereocenters. The zero-order chi connectivity index (χ0) is 30.8. The summed E-state index contributed by atoms with van der Waals surface area (Å²) in [7, 11) is 1.22. The minimum Gasteiger partial charge on any atom is -0.490 e. The molecular weight excluding hydrogens is 595 g/mol. The first-order valence-corrected chi connectivity index (χ1v) is 13.3. The van der Waals surface area contributed by atoms with Gasteiger partial charge in [0.2, 0.25) is 0 Å². The summed E-state index contributed by atoms with van der Waals surface area (Å²) in [6, 6.07) is 2.67. The predicted molar refractivity (Wildman–Crippen MR) is 149 cm³/mol. The molecular formula is C27H19F5N8O2S. The van der Waals surface area contributed by atoms with Crippen molar-refractivity contribution in [2.24, 2.45) is 0 Å². The number of aromatic nitrogens is 4. The van der Waals surface area contributed by atoms with E-state index in [1.165, 1.54) is 19.6 Å². The van der Waals surface area contributed by atoms with Crippen LogP contribution in [0, 0.1) is 23.0 Å². The lowest BCUT2D eigenvalue weighted by Gasteiger charge is -2.30. The van der Waals surface area contributed by atoms with Gasteiger partial charge in [-0.2, -0.15) is 28.4 Å². The molecule has 0 saturated heterocycles. The summed E-state index contributed by atoms with van der Waals surface area (Å²) >= 11 is 0.670. The number of halogens is 5. The molecule has 4 heterocycles. The molecule has 0 aliphatic carbocycles. The molecule has 3 aromatic heterocycles. The van der Waals surface area contributed by atoms with Crippen molar-refractivity contribution in [2.45, 2.75) is 19.1 Å². The van der Waals surface area contributed by atoms with Gasteiger partial charge in [0.05, 0.1) is 35.3 Å². The maximum Gasteiger partial charge on any atom is 0.420 e. The maximum atomic E-state index is 16.7. The fraction of sp³-hybridized carbons (Fsp3) is 0.222. The molecule has 0 spiro atoms. The monoisotopic (exact) mass is 614 g/mol. The Bertz CT molecular complexity index is 1990. The molecule has 0 amide bonds. The largest absolute Gasteiger partial charge is 0.490 e. The molecule has 1 atom stereocenters. The second-order valence-corrected chi connectivity index (χ2v) is 10.5. The number of hydrogen-bond acceptors (Lipinski definition) is 11. The molecule has 0 fully saturated rings. The number of nitrogens with zero attached hydrogens (tertiary/aromatic N) is 6. The van der Waals surface area contributed by atoms with Crippen LogP contribution in [0.3, 0.4) is 0 Å². The number of ether oxygens (including phenoxy) is 2. The van der Waals surface area contributed by atoms with Gasteiger partial charge < -0.3 is 25.8 Å². The number of methoxy groups -OCH3 is 1. The van der Waals surface area contributed by atoms with E-state index in [1.54, 1.807) is 17.9 Å². The van der Waals surface area contributed by atoms with E-state index in [4.69, 9.17) is 20.9 Å². The lowest BCUT2D eigenvalue weighted by Crippen LogP contribution is -2.31. The standard InChI is InChI=1S/C27H19F5N8O2S/c1-10(13-8-36-9-37-23(13)34)40-5-6-42-21-17-20(38-26(41-2)39-25(17)40)19(29)16(18(21)27(30,31)32)11-3-4-14(28)22-15(11)12(7-33)24(35)43-22/h3-4,8-10H,5-6,35H2,1-2H3,(H2,34,36,37). The summed E-state index contributed by atoms with van der Waals surface area (Å²) in [5, 5.41) is 8.98. The Morgan fingerprint density at radius 1 is 1.19 bits per heavy atom. The first-order valence-electron chi connectivity index (χ1n) is 12.5. The molecule has 4 N–H and O–H groups in total. The van der Waals surface area contributed by atoms with Gasteiger partial charge in [0.1, 0.15) is 58.3 Å².